The van der Waals surface area contributed by atoms with Gasteiger partial charge in [-0.2, -0.15) is 0 Å². The van der Waals surface area contributed by atoms with Crippen LogP contribution in [0.3, 0.4) is 0 Å². The standard InChI is InChI=1S/C19H25N3O5S/c1-19(2)7-13-12(10-27-19)15-16(28-13)17(24)21(3)18(25)22(15)9-14(23)20-8-11-5-4-6-26-11/h11H,4-10H2,1-3H3,(H,20,23). The van der Waals surface area contributed by atoms with Gasteiger partial charge in [0.2, 0.25) is 5.91 Å². The molecule has 1 saturated heterocycles. The van der Waals surface area contributed by atoms with Crippen molar-refractivity contribution in [3.05, 3.63) is 31.3 Å². The molecule has 0 bridgehead atoms. The highest BCUT2D eigenvalue weighted by atomic mass is 32.1. The zero-order valence-corrected chi connectivity index (χ0v) is 17.2. The first-order valence-electron chi connectivity index (χ1n) is 9.53. The second-order valence-corrected chi connectivity index (χ2v) is 9.18. The van der Waals surface area contributed by atoms with Crippen molar-refractivity contribution in [3.8, 4) is 0 Å². The predicted molar refractivity (Wildman–Crippen MR) is 106 cm³/mol. The summed E-state index contributed by atoms with van der Waals surface area (Å²) in [4.78, 5) is 39.0. The van der Waals surface area contributed by atoms with Gasteiger partial charge in [-0.15, -0.1) is 11.3 Å². The van der Waals surface area contributed by atoms with Crippen molar-refractivity contribution >= 4 is 27.5 Å². The Labute approximate surface area is 166 Å². The number of amides is 1. The molecule has 0 aromatic carbocycles. The van der Waals surface area contributed by atoms with E-state index in [0.29, 0.717) is 29.8 Å². The molecule has 0 radical (unpaired) electrons. The molecule has 0 spiro atoms. The molecule has 1 N–H and O–H groups in total. The number of hydrogen-bond donors (Lipinski definition) is 1. The third kappa shape index (κ3) is 3.42. The molecule has 4 rings (SSSR count). The van der Waals surface area contributed by atoms with Crippen molar-refractivity contribution in [1.82, 2.24) is 14.5 Å². The van der Waals surface area contributed by atoms with Crippen molar-refractivity contribution in [3.63, 3.8) is 0 Å². The lowest BCUT2D eigenvalue weighted by Gasteiger charge is -2.30. The van der Waals surface area contributed by atoms with Crippen molar-refractivity contribution in [1.29, 1.82) is 0 Å². The van der Waals surface area contributed by atoms with Gasteiger partial charge in [0.25, 0.3) is 5.56 Å². The quantitative estimate of drug-likeness (QED) is 0.813. The molecule has 0 aliphatic carbocycles. The van der Waals surface area contributed by atoms with Crippen LogP contribution in [0.15, 0.2) is 9.59 Å². The maximum Gasteiger partial charge on any atom is 0.331 e. The Bertz CT molecular complexity index is 1040. The fraction of sp³-hybridized carbons (Fsp3) is 0.632. The number of nitrogens with zero attached hydrogens (tertiary/aromatic N) is 2. The summed E-state index contributed by atoms with van der Waals surface area (Å²) in [6.45, 7) is 5.35. The number of fused-ring (bicyclic) bond motifs is 3. The van der Waals surface area contributed by atoms with Gasteiger partial charge in [-0.3, -0.25) is 18.7 Å². The Morgan fingerprint density at radius 3 is 2.86 bits per heavy atom. The molecule has 2 aliphatic rings. The third-order valence-corrected chi connectivity index (χ3v) is 6.60. The third-order valence-electron chi connectivity index (χ3n) is 5.40. The molecule has 28 heavy (non-hydrogen) atoms. The molecular weight excluding hydrogens is 382 g/mol. The van der Waals surface area contributed by atoms with Crippen molar-refractivity contribution in [2.24, 2.45) is 7.05 Å². The molecule has 9 heteroatoms. The summed E-state index contributed by atoms with van der Waals surface area (Å²) in [6, 6.07) is 0. The monoisotopic (exact) mass is 407 g/mol. The van der Waals surface area contributed by atoms with Crippen LogP contribution >= 0.6 is 11.3 Å². The van der Waals surface area contributed by atoms with Crippen LogP contribution in [0, 0.1) is 0 Å². The molecular formula is C19H25N3O5S. The summed E-state index contributed by atoms with van der Waals surface area (Å²) in [5.74, 6) is -0.269. The second kappa shape index (κ2) is 7.13. The second-order valence-electron chi connectivity index (χ2n) is 8.08. The molecule has 0 saturated carbocycles. The zero-order chi connectivity index (χ0) is 20.1. The van der Waals surface area contributed by atoms with Gasteiger partial charge in [-0.05, 0) is 26.7 Å². The number of rotatable bonds is 4. The van der Waals surface area contributed by atoms with Gasteiger partial charge in [-0.1, -0.05) is 0 Å². The first-order chi connectivity index (χ1) is 13.3. The summed E-state index contributed by atoms with van der Waals surface area (Å²) in [6.07, 6.45) is 2.63. The number of ether oxygens (including phenoxy) is 2. The van der Waals surface area contributed by atoms with Crippen LogP contribution in [-0.4, -0.2) is 39.9 Å². The Morgan fingerprint density at radius 1 is 1.36 bits per heavy atom. The van der Waals surface area contributed by atoms with E-state index in [1.165, 1.54) is 23.0 Å². The highest BCUT2D eigenvalue weighted by molar-refractivity contribution is 7.19. The smallest absolute Gasteiger partial charge is 0.331 e. The molecule has 1 amide bonds. The van der Waals surface area contributed by atoms with Gasteiger partial charge >= 0.3 is 5.69 Å². The van der Waals surface area contributed by atoms with E-state index >= 15 is 0 Å². The van der Waals surface area contributed by atoms with E-state index < -0.39 is 5.69 Å². The summed E-state index contributed by atoms with van der Waals surface area (Å²) < 4.78 is 14.4. The minimum atomic E-state index is -0.491. The van der Waals surface area contributed by atoms with Gasteiger partial charge < -0.3 is 14.8 Å². The fourth-order valence-corrected chi connectivity index (χ4v) is 5.32. The number of nitrogens with one attached hydrogen (secondary N) is 1. The van der Waals surface area contributed by atoms with Crippen LogP contribution in [-0.2, 0) is 40.9 Å². The van der Waals surface area contributed by atoms with Crippen molar-refractivity contribution < 1.29 is 14.3 Å². The SMILES string of the molecule is Cn1c(=O)c2sc3c(c2n(CC(=O)NCC2CCCO2)c1=O)COC(C)(C)C3. The van der Waals surface area contributed by atoms with Gasteiger partial charge in [0, 0.05) is 37.1 Å². The summed E-state index contributed by atoms with van der Waals surface area (Å²) in [7, 11) is 1.45. The molecule has 2 aromatic rings. The fourth-order valence-electron chi connectivity index (χ4n) is 3.82. The maximum atomic E-state index is 12.8. The lowest BCUT2D eigenvalue weighted by Crippen LogP contribution is -2.42. The first kappa shape index (κ1) is 19.4. The van der Waals surface area contributed by atoms with E-state index in [9.17, 15) is 14.4 Å². The largest absolute Gasteiger partial charge is 0.376 e. The van der Waals surface area contributed by atoms with Crippen LogP contribution in [0.5, 0.6) is 0 Å². The Kier molecular flexibility index (Phi) is 4.93. The van der Waals surface area contributed by atoms with Crippen LogP contribution < -0.4 is 16.6 Å². The average molecular weight is 407 g/mol. The average Bonchev–Trinajstić information content (AvgIpc) is 3.28. The molecule has 2 aliphatic heterocycles. The highest BCUT2D eigenvalue weighted by Gasteiger charge is 2.31. The van der Waals surface area contributed by atoms with Crippen LogP contribution in [0.4, 0.5) is 0 Å². The minimum absolute atomic E-state index is 0.0327. The number of carbonyl (C=O) groups excluding carboxylic acids is 1. The van der Waals surface area contributed by atoms with E-state index in [1.54, 1.807) is 0 Å². The molecule has 1 fully saturated rings. The zero-order valence-electron chi connectivity index (χ0n) is 16.4. The van der Waals surface area contributed by atoms with E-state index in [2.05, 4.69) is 5.32 Å². The molecule has 4 heterocycles. The van der Waals surface area contributed by atoms with E-state index in [1.807, 2.05) is 13.8 Å². The first-order valence-corrected chi connectivity index (χ1v) is 10.3. The van der Waals surface area contributed by atoms with Gasteiger partial charge in [0.1, 0.15) is 11.2 Å². The Hall–Kier alpha value is -1.97. The lowest BCUT2D eigenvalue weighted by molar-refractivity contribution is -0.122. The summed E-state index contributed by atoms with van der Waals surface area (Å²) in [5.41, 5.74) is 0.253. The Morgan fingerprint density at radius 2 is 2.14 bits per heavy atom. The number of thiophene rings is 1. The predicted octanol–water partition coefficient (Wildman–Crippen LogP) is 0.908. The lowest BCUT2D eigenvalue weighted by atomic mass is 9.98. The van der Waals surface area contributed by atoms with Crippen molar-refractivity contribution in [2.45, 2.75) is 58.0 Å². The van der Waals surface area contributed by atoms with Crippen molar-refractivity contribution in [2.75, 3.05) is 13.2 Å². The van der Waals surface area contributed by atoms with E-state index in [4.69, 9.17) is 9.47 Å². The van der Waals surface area contributed by atoms with Crippen LogP contribution in [0.1, 0.15) is 37.1 Å². The normalized spacial score (nSPS) is 21.0. The van der Waals surface area contributed by atoms with Gasteiger partial charge in [-0.25, -0.2) is 4.79 Å². The minimum Gasteiger partial charge on any atom is -0.376 e. The Balaban J connectivity index is 1.71. The maximum absolute atomic E-state index is 12.8. The van der Waals surface area contributed by atoms with E-state index in [-0.39, 0.29) is 29.7 Å². The van der Waals surface area contributed by atoms with Crippen LogP contribution in [0.25, 0.3) is 10.2 Å². The summed E-state index contributed by atoms with van der Waals surface area (Å²) in [5, 5.41) is 2.85. The molecule has 8 nitrogen and oxygen atoms in total. The number of aromatic nitrogens is 2. The molecule has 1 unspecified atom stereocenters. The molecule has 2 aromatic heterocycles. The topological polar surface area (TPSA) is 91.6 Å². The number of carbonyl (C=O) groups is 1. The molecule has 1 atom stereocenters. The van der Waals surface area contributed by atoms with Gasteiger partial charge in [0.05, 0.1) is 23.8 Å². The molecule has 152 valence electrons. The van der Waals surface area contributed by atoms with E-state index in [0.717, 1.165) is 34.5 Å². The van der Waals surface area contributed by atoms with Gasteiger partial charge in [0.15, 0.2) is 0 Å². The number of hydrogen-bond acceptors (Lipinski definition) is 6. The summed E-state index contributed by atoms with van der Waals surface area (Å²) >= 11 is 1.40. The van der Waals surface area contributed by atoms with Crippen LogP contribution in [0.2, 0.25) is 0 Å². The highest BCUT2D eigenvalue weighted by Crippen LogP contribution is 2.37.